The van der Waals surface area contributed by atoms with Gasteiger partial charge in [0.25, 0.3) is 5.78 Å². The van der Waals surface area contributed by atoms with Gasteiger partial charge < -0.3 is 4.74 Å². The Morgan fingerprint density at radius 1 is 1.45 bits per heavy atom. The van der Waals surface area contributed by atoms with Crippen LogP contribution in [0.5, 0.6) is 0 Å². The number of esters is 1. The van der Waals surface area contributed by atoms with Crippen LogP contribution < -0.4 is 0 Å². The number of hydrogen-bond donors (Lipinski definition) is 0. The second-order valence-corrected chi connectivity index (χ2v) is 2.49. The van der Waals surface area contributed by atoms with E-state index in [2.05, 4.69) is 4.74 Å². The molecule has 0 fully saturated rings. The minimum Gasteiger partial charge on any atom is -0.460 e. The molecule has 1 atom stereocenters. The SMILES string of the molecule is CCOC(=O)C(=O)C(Cl)CC. The number of Topliss-reactive ketones (excluding diaryl/α,β-unsaturated/α-hetero) is 1. The van der Waals surface area contributed by atoms with Crippen LogP contribution in [0.4, 0.5) is 0 Å². The zero-order valence-corrected chi connectivity index (χ0v) is 7.35. The van der Waals surface area contributed by atoms with Crippen molar-refractivity contribution in [1.29, 1.82) is 0 Å². The fourth-order valence-electron chi connectivity index (χ4n) is 0.515. The quantitative estimate of drug-likeness (QED) is 0.368. The lowest BCUT2D eigenvalue weighted by Gasteiger charge is -2.03. The van der Waals surface area contributed by atoms with Gasteiger partial charge in [-0.25, -0.2) is 4.79 Å². The molecule has 3 nitrogen and oxygen atoms in total. The number of carbonyl (C=O) groups is 2. The van der Waals surface area contributed by atoms with Gasteiger partial charge in [-0.2, -0.15) is 0 Å². The molecule has 64 valence electrons. The molecule has 0 saturated carbocycles. The molecule has 0 bridgehead atoms. The van der Waals surface area contributed by atoms with Gasteiger partial charge in [-0.3, -0.25) is 4.79 Å². The predicted molar refractivity (Wildman–Crippen MR) is 41.6 cm³/mol. The smallest absolute Gasteiger partial charge is 0.376 e. The van der Waals surface area contributed by atoms with E-state index in [1.807, 2.05) is 0 Å². The van der Waals surface area contributed by atoms with Crippen molar-refractivity contribution in [2.24, 2.45) is 0 Å². The summed E-state index contributed by atoms with van der Waals surface area (Å²) in [6.07, 6.45) is 0.444. The number of alkyl halides is 1. The summed E-state index contributed by atoms with van der Waals surface area (Å²) < 4.78 is 4.45. The molecule has 0 N–H and O–H groups in total. The van der Waals surface area contributed by atoms with E-state index in [4.69, 9.17) is 11.6 Å². The van der Waals surface area contributed by atoms with Crippen LogP contribution in [0, 0.1) is 0 Å². The molecule has 0 radical (unpaired) electrons. The molecular formula is C7H11ClO3. The Morgan fingerprint density at radius 3 is 2.36 bits per heavy atom. The second-order valence-electron chi connectivity index (χ2n) is 1.96. The maximum absolute atomic E-state index is 10.9. The highest BCUT2D eigenvalue weighted by Crippen LogP contribution is 2.03. The summed E-state index contributed by atoms with van der Waals surface area (Å²) in [5, 5.41) is -0.742. The molecule has 11 heavy (non-hydrogen) atoms. The van der Waals surface area contributed by atoms with Crippen LogP contribution in [0.3, 0.4) is 0 Å². The first-order valence-electron chi connectivity index (χ1n) is 3.48. The van der Waals surface area contributed by atoms with Gasteiger partial charge in [0.2, 0.25) is 0 Å². The van der Waals surface area contributed by atoms with E-state index in [1.165, 1.54) is 0 Å². The van der Waals surface area contributed by atoms with E-state index in [0.717, 1.165) is 0 Å². The molecule has 0 aliphatic carbocycles. The fourth-order valence-corrected chi connectivity index (χ4v) is 0.605. The van der Waals surface area contributed by atoms with Gasteiger partial charge in [-0.15, -0.1) is 11.6 Å². The third kappa shape index (κ3) is 3.37. The number of ketones is 1. The Morgan fingerprint density at radius 2 is 2.00 bits per heavy atom. The first kappa shape index (κ1) is 10.4. The molecule has 0 saturated heterocycles. The van der Waals surface area contributed by atoms with Crippen molar-refractivity contribution < 1.29 is 14.3 Å². The molecule has 0 aromatic heterocycles. The molecule has 0 heterocycles. The standard InChI is InChI=1S/C7H11ClO3/c1-3-5(8)6(9)7(10)11-4-2/h5H,3-4H2,1-2H3. The Hall–Kier alpha value is -0.570. The number of hydrogen-bond acceptors (Lipinski definition) is 3. The van der Waals surface area contributed by atoms with E-state index < -0.39 is 17.1 Å². The second kappa shape index (κ2) is 5.13. The maximum atomic E-state index is 10.9. The Balaban J connectivity index is 3.92. The lowest BCUT2D eigenvalue weighted by atomic mass is 10.2. The molecular weight excluding hydrogens is 168 g/mol. The molecule has 1 unspecified atom stereocenters. The molecule has 4 heteroatoms. The summed E-state index contributed by atoms with van der Waals surface area (Å²) >= 11 is 5.50. The van der Waals surface area contributed by atoms with Crippen molar-refractivity contribution in [3.63, 3.8) is 0 Å². The minimum atomic E-state index is -0.839. The number of halogens is 1. The van der Waals surface area contributed by atoms with Gasteiger partial charge in [-0.05, 0) is 13.3 Å². The molecule has 0 aromatic rings. The highest BCUT2D eigenvalue weighted by atomic mass is 35.5. The lowest BCUT2D eigenvalue weighted by molar-refractivity contribution is -0.153. The Labute approximate surface area is 70.7 Å². The van der Waals surface area contributed by atoms with E-state index >= 15 is 0 Å². The summed E-state index contributed by atoms with van der Waals surface area (Å²) in [5.74, 6) is -1.50. The van der Waals surface area contributed by atoms with Crippen LogP contribution in [-0.2, 0) is 14.3 Å². The summed E-state index contributed by atoms with van der Waals surface area (Å²) in [4.78, 5) is 21.5. The van der Waals surface area contributed by atoms with E-state index in [-0.39, 0.29) is 6.61 Å². The van der Waals surface area contributed by atoms with E-state index in [1.54, 1.807) is 13.8 Å². The van der Waals surface area contributed by atoms with Gasteiger partial charge in [0.15, 0.2) is 0 Å². The maximum Gasteiger partial charge on any atom is 0.376 e. The largest absolute Gasteiger partial charge is 0.460 e. The van der Waals surface area contributed by atoms with E-state index in [0.29, 0.717) is 6.42 Å². The third-order valence-electron chi connectivity index (χ3n) is 1.12. The first-order chi connectivity index (χ1) is 5.13. The highest BCUT2D eigenvalue weighted by molar-refractivity contribution is 6.47. The molecule has 0 spiro atoms. The molecule has 0 amide bonds. The number of ether oxygens (including phenoxy) is 1. The van der Waals surface area contributed by atoms with Gasteiger partial charge in [-0.1, -0.05) is 6.92 Å². The van der Waals surface area contributed by atoms with Crippen molar-refractivity contribution in [2.45, 2.75) is 25.6 Å². The lowest BCUT2D eigenvalue weighted by Crippen LogP contribution is -2.25. The average molecular weight is 179 g/mol. The van der Waals surface area contributed by atoms with Crippen LogP contribution in [-0.4, -0.2) is 23.7 Å². The molecule has 0 aromatic carbocycles. The fraction of sp³-hybridized carbons (Fsp3) is 0.714. The average Bonchev–Trinajstić information content (AvgIpc) is 2.02. The van der Waals surface area contributed by atoms with Crippen LogP contribution in [0.2, 0.25) is 0 Å². The zero-order valence-electron chi connectivity index (χ0n) is 6.59. The number of carbonyl (C=O) groups excluding carboxylic acids is 2. The Bertz CT molecular complexity index is 156. The van der Waals surface area contributed by atoms with Gasteiger partial charge in [0.05, 0.1) is 6.61 Å². The third-order valence-corrected chi connectivity index (χ3v) is 1.63. The highest BCUT2D eigenvalue weighted by Gasteiger charge is 2.22. The van der Waals surface area contributed by atoms with Crippen LogP contribution >= 0.6 is 11.6 Å². The minimum absolute atomic E-state index is 0.206. The summed E-state index contributed by atoms with van der Waals surface area (Å²) in [6, 6.07) is 0. The topological polar surface area (TPSA) is 43.4 Å². The summed E-state index contributed by atoms with van der Waals surface area (Å²) in [7, 11) is 0. The van der Waals surface area contributed by atoms with Crippen molar-refractivity contribution in [2.75, 3.05) is 6.61 Å². The first-order valence-corrected chi connectivity index (χ1v) is 3.92. The molecule has 0 aliphatic heterocycles. The number of rotatable bonds is 4. The Kier molecular flexibility index (Phi) is 4.86. The predicted octanol–water partition coefficient (Wildman–Crippen LogP) is 1.14. The van der Waals surface area contributed by atoms with E-state index in [9.17, 15) is 9.59 Å². The van der Waals surface area contributed by atoms with Gasteiger partial charge >= 0.3 is 5.97 Å². The monoisotopic (exact) mass is 178 g/mol. The molecule has 0 aliphatic rings. The van der Waals surface area contributed by atoms with Gasteiger partial charge in [0, 0.05) is 0 Å². The molecule has 0 rings (SSSR count). The van der Waals surface area contributed by atoms with Crippen molar-refractivity contribution in [3.05, 3.63) is 0 Å². The zero-order chi connectivity index (χ0) is 8.85. The van der Waals surface area contributed by atoms with Crippen LogP contribution in [0.1, 0.15) is 20.3 Å². The summed E-state index contributed by atoms with van der Waals surface area (Å²) in [6.45, 7) is 3.58. The van der Waals surface area contributed by atoms with Crippen LogP contribution in [0.15, 0.2) is 0 Å². The van der Waals surface area contributed by atoms with Gasteiger partial charge in [0.1, 0.15) is 5.38 Å². The van der Waals surface area contributed by atoms with Crippen LogP contribution in [0.25, 0.3) is 0 Å². The van der Waals surface area contributed by atoms with Crippen molar-refractivity contribution in [1.82, 2.24) is 0 Å². The summed E-state index contributed by atoms with van der Waals surface area (Å²) in [5.41, 5.74) is 0. The van der Waals surface area contributed by atoms with Crippen molar-refractivity contribution >= 4 is 23.4 Å². The van der Waals surface area contributed by atoms with Crippen molar-refractivity contribution in [3.8, 4) is 0 Å². The normalized spacial score (nSPS) is 12.3.